The molecule has 1 amide bonds. The molecule has 0 fully saturated rings. The molecule has 0 aliphatic carbocycles. The minimum atomic E-state index is -0.384. The lowest BCUT2D eigenvalue weighted by atomic mass is 9.85. The summed E-state index contributed by atoms with van der Waals surface area (Å²) in [5, 5.41) is 2.94. The molecule has 2 nitrogen and oxygen atoms in total. The van der Waals surface area contributed by atoms with E-state index in [4.69, 9.17) is 0 Å². The van der Waals surface area contributed by atoms with Gasteiger partial charge in [-0.2, -0.15) is 0 Å². The monoisotopic (exact) mass is 233 g/mol. The summed E-state index contributed by atoms with van der Waals surface area (Å²) < 4.78 is 0. The smallest absolute Gasteiger partial charge is 0.234 e. The van der Waals surface area contributed by atoms with Gasteiger partial charge in [-0.25, -0.2) is 0 Å². The zero-order valence-corrected chi connectivity index (χ0v) is 11.7. The Kier molecular flexibility index (Phi) is 3.97. The van der Waals surface area contributed by atoms with Crippen molar-refractivity contribution in [2.75, 3.05) is 5.32 Å². The first-order valence-corrected chi connectivity index (χ1v) is 6.39. The molecule has 0 spiro atoms. The summed E-state index contributed by atoms with van der Waals surface area (Å²) in [4.78, 5) is 11.7. The van der Waals surface area contributed by atoms with Gasteiger partial charge in [0.25, 0.3) is 0 Å². The largest absolute Gasteiger partial charge is 0.325 e. The zero-order chi connectivity index (χ0) is 13.2. The summed E-state index contributed by atoms with van der Waals surface area (Å²) in [7, 11) is 0. The Morgan fingerprint density at radius 1 is 1.18 bits per heavy atom. The van der Waals surface area contributed by atoms with Crippen LogP contribution in [0.15, 0.2) is 18.2 Å². The van der Waals surface area contributed by atoms with Gasteiger partial charge in [0, 0.05) is 5.69 Å². The molecule has 0 saturated heterocycles. The molecule has 1 heterocycles. The van der Waals surface area contributed by atoms with Crippen molar-refractivity contribution in [1.82, 2.24) is 0 Å². The van der Waals surface area contributed by atoms with Crippen molar-refractivity contribution < 1.29 is 4.79 Å². The third-order valence-electron chi connectivity index (χ3n) is 3.20. The Labute approximate surface area is 104 Å². The number of amides is 1. The molecule has 0 aromatic heterocycles. The highest BCUT2D eigenvalue weighted by atomic mass is 16.2. The van der Waals surface area contributed by atoms with Crippen LogP contribution in [0.4, 0.5) is 5.69 Å². The molecule has 2 rings (SSSR count). The fraction of sp³-hybridized carbons (Fsp3) is 0.533. The molecule has 0 unspecified atom stereocenters. The van der Waals surface area contributed by atoms with Crippen LogP contribution in [0, 0.1) is 0 Å². The standard InChI is InChI=1S/C13H17NO.C2H6/c1-8(2)9-5-6-10-11(7-9)14-12(15)13(10,3)4;1-2/h5-8H,1-4H3,(H,14,15);1-2H3. The van der Waals surface area contributed by atoms with E-state index in [0.717, 1.165) is 11.3 Å². The third-order valence-corrected chi connectivity index (χ3v) is 3.20. The predicted molar refractivity (Wildman–Crippen MR) is 73.5 cm³/mol. The lowest BCUT2D eigenvalue weighted by Crippen LogP contribution is -2.26. The van der Waals surface area contributed by atoms with Crippen LogP contribution in [0.25, 0.3) is 0 Å². The minimum Gasteiger partial charge on any atom is -0.325 e. The number of anilines is 1. The van der Waals surface area contributed by atoms with Crippen LogP contribution in [-0.4, -0.2) is 5.91 Å². The van der Waals surface area contributed by atoms with Crippen molar-refractivity contribution in [3.05, 3.63) is 29.3 Å². The molecule has 0 saturated carbocycles. The van der Waals surface area contributed by atoms with Crippen molar-refractivity contribution in [3.63, 3.8) is 0 Å². The van der Waals surface area contributed by atoms with Gasteiger partial charge in [-0.3, -0.25) is 4.79 Å². The van der Waals surface area contributed by atoms with Crippen LogP contribution < -0.4 is 5.32 Å². The molecule has 2 heteroatoms. The lowest BCUT2D eigenvalue weighted by Gasteiger charge is -2.15. The van der Waals surface area contributed by atoms with Gasteiger partial charge in [-0.05, 0) is 37.0 Å². The van der Waals surface area contributed by atoms with Crippen LogP contribution in [-0.2, 0) is 10.2 Å². The van der Waals surface area contributed by atoms with Gasteiger partial charge >= 0.3 is 0 Å². The van der Waals surface area contributed by atoms with E-state index in [1.165, 1.54) is 5.56 Å². The van der Waals surface area contributed by atoms with Crippen LogP contribution in [0.5, 0.6) is 0 Å². The number of carbonyl (C=O) groups is 1. The van der Waals surface area contributed by atoms with Crippen molar-refractivity contribution in [3.8, 4) is 0 Å². The Bertz CT molecular complexity index is 419. The second-order valence-electron chi connectivity index (χ2n) is 5.04. The highest BCUT2D eigenvalue weighted by Crippen LogP contribution is 2.38. The van der Waals surface area contributed by atoms with E-state index in [0.29, 0.717) is 5.92 Å². The molecule has 17 heavy (non-hydrogen) atoms. The molecular formula is C15H23NO. The van der Waals surface area contributed by atoms with Crippen LogP contribution in [0.1, 0.15) is 58.6 Å². The normalized spacial score (nSPS) is 16.1. The molecule has 94 valence electrons. The van der Waals surface area contributed by atoms with E-state index in [2.05, 4.69) is 37.4 Å². The second kappa shape index (κ2) is 4.91. The van der Waals surface area contributed by atoms with Crippen LogP contribution in [0.2, 0.25) is 0 Å². The second-order valence-corrected chi connectivity index (χ2v) is 5.04. The molecule has 0 atom stereocenters. The van der Waals surface area contributed by atoms with Gasteiger partial charge in [-0.1, -0.05) is 39.8 Å². The Balaban J connectivity index is 0.000000686. The first-order chi connectivity index (χ1) is 7.93. The van der Waals surface area contributed by atoms with Gasteiger partial charge in [0.2, 0.25) is 5.91 Å². The molecular weight excluding hydrogens is 210 g/mol. The predicted octanol–water partition coefficient (Wildman–Crippen LogP) is 4.07. The van der Waals surface area contributed by atoms with Gasteiger partial charge in [-0.15, -0.1) is 0 Å². The minimum absolute atomic E-state index is 0.0957. The van der Waals surface area contributed by atoms with Crippen LogP contribution in [0.3, 0.4) is 0 Å². The van der Waals surface area contributed by atoms with Gasteiger partial charge in [0.05, 0.1) is 5.41 Å². The molecule has 1 N–H and O–H groups in total. The lowest BCUT2D eigenvalue weighted by molar-refractivity contribution is -0.119. The average Bonchev–Trinajstić information content (AvgIpc) is 2.52. The van der Waals surface area contributed by atoms with Crippen molar-refractivity contribution >= 4 is 11.6 Å². The van der Waals surface area contributed by atoms with E-state index < -0.39 is 0 Å². The quantitative estimate of drug-likeness (QED) is 0.778. The van der Waals surface area contributed by atoms with E-state index in [-0.39, 0.29) is 11.3 Å². The van der Waals surface area contributed by atoms with Gasteiger partial charge < -0.3 is 5.32 Å². The number of benzene rings is 1. The molecule has 0 radical (unpaired) electrons. The number of hydrogen-bond donors (Lipinski definition) is 1. The summed E-state index contributed by atoms with van der Waals surface area (Å²) in [6.07, 6.45) is 0. The van der Waals surface area contributed by atoms with Crippen molar-refractivity contribution in [2.24, 2.45) is 0 Å². The topological polar surface area (TPSA) is 29.1 Å². The molecule has 0 bridgehead atoms. The summed E-state index contributed by atoms with van der Waals surface area (Å²) in [6, 6.07) is 6.28. The Morgan fingerprint density at radius 2 is 1.76 bits per heavy atom. The number of fused-ring (bicyclic) bond motifs is 1. The molecule has 1 aromatic carbocycles. The molecule has 1 aliphatic heterocycles. The van der Waals surface area contributed by atoms with Crippen molar-refractivity contribution in [1.29, 1.82) is 0 Å². The SMILES string of the molecule is CC.CC(C)c1ccc2c(c1)NC(=O)C2(C)C. The summed E-state index contributed by atoms with van der Waals surface area (Å²) in [6.45, 7) is 12.2. The van der Waals surface area contributed by atoms with Gasteiger partial charge in [0.1, 0.15) is 0 Å². The Hall–Kier alpha value is -1.31. The van der Waals surface area contributed by atoms with Crippen LogP contribution >= 0.6 is 0 Å². The third kappa shape index (κ3) is 2.36. The highest BCUT2D eigenvalue weighted by Gasteiger charge is 2.38. The maximum atomic E-state index is 11.7. The maximum Gasteiger partial charge on any atom is 0.234 e. The summed E-state index contributed by atoms with van der Waals surface area (Å²) >= 11 is 0. The Morgan fingerprint density at radius 3 is 2.29 bits per heavy atom. The molecule has 1 aliphatic rings. The first kappa shape index (κ1) is 13.8. The van der Waals surface area contributed by atoms with Crippen molar-refractivity contribution in [2.45, 2.75) is 52.9 Å². The number of nitrogens with one attached hydrogen (secondary N) is 1. The fourth-order valence-electron chi connectivity index (χ4n) is 1.97. The van der Waals surface area contributed by atoms with E-state index in [1.54, 1.807) is 0 Å². The van der Waals surface area contributed by atoms with E-state index in [1.807, 2.05) is 27.7 Å². The van der Waals surface area contributed by atoms with E-state index in [9.17, 15) is 4.79 Å². The van der Waals surface area contributed by atoms with E-state index >= 15 is 0 Å². The number of hydrogen-bond acceptors (Lipinski definition) is 1. The number of carbonyl (C=O) groups excluding carboxylic acids is 1. The average molecular weight is 233 g/mol. The fourth-order valence-corrected chi connectivity index (χ4v) is 1.97. The zero-order valence-electron chi connectivity index (χ0n) is 11.7. The first-order valence-electron chi connectivity index (χ1n) is 6.39. The number of rotatable bonds is 1. The maximum absolute atomic E-state index is 11.7. The summed E-state index contributed by atoms with van der Waals surface area (Å²) in [5.41, 5.74) is 2.98. The highest BCUT2D eigenvalue weighted by molar-refractivity contribution is 6.05. The van der Waals surface area contributed by atoms with Gasteiger partial charge in [0.15, 0.2) is 0 Å². The molecule has 1 aromatic rings. The summed E-state index contributed by atoms with van der Waals surface area (Å²) in [5.74, 6) is 0.592.